The van der Waals surface area contributed by atoms with Gasteiger partial charge in [0.1, 0.15) is 5.75 Å². The van der Waals surface area contributed by atoms with Crippen molar-refractivity contribution < 1.29 is 14.3 Å². The molecule has 16 heavy (non-hydrogen) atoms. The maximum atomic E-state index is 11.4. The molecule has 88 valence electrons. The van der Waals surface area contributed by atoms with Gasteiger partial charge in [-0.2, -0.15) is 0 Å². The van der Waals surface area contributed by atoms with E-state index in [0.717, 1.165) is 5.56 Å². The molecule has 2 N–H and O–H groups in total. The normalized spacial score (nSPS) is 11.9. The summed E-state index contributed by atoms with van der Waals surface area (Å²) in [4.78, 5) is 11.4. The molecular formula is C12H17NO3. The highest BCUT2D eigenvalue weighted by Gasteiger charge is 2.16. The van der Waals surface area contributed by atoms with Crippen LogP contribution in [0.2, 0.25) is 0 Å². The van der Waals surface area contributed by atoms with Crippen LogP contribution in [-0.4, -0.2) is 18.7 Å². The fraction of sp³-hybridized carbons (Fsp3) is 0.417. The molecule has 1 atom stereocenters. The molecule has 0 aromatic heterocycles. The number of carbonyl (C=O) groups excluding carboxylic acids is 1. The minimum absolute atomic E-state index is 0.354. The predicted octanol–water partition coefficient (Wildman–Crippen LogP) is 1.91. The molecule has 0 fully saturated rings. The second-order valence-electron chi connectivity index (χ2n) is 3.54. The van der Waals surface area contributed by atoms with Crippen molar-refractivity contribution >= 4 is 11.7 Å². The number of benzene rings is 1. The Hall–Kier alpha value is -1.71. The fourth-order valence-corrected chi connectivity index (χ4v) is 1.30. The van der Waals surface area contributed by atoms with E-state index in [-0.39, 0.29) is 5.97 Å². The molecule has 4 heteroatoms. The van der Waals surface area contributed by atoms with Crippen molar-refractivity contribution in [1.82, 2.24) is 0 Å². The van der Waals surface area contributed by atoms with Gasteiger partial charge in [0.2, 0.25) is 0 Å². The first-order chi connectivity index (χ1) is 7.54. The third-order valence-corrected chi connectivity index (χ3v) is 2.12. The molecule has 0 aliphatic carbocycles. The Morgan fingerprint density at radius 1 is 1.50 bits per heavy atom. The monoisotopic (exact) mass is 223 g/mol. The summed E-state index contributed by atoms with van der Waals surface area (Å²) in [5, 5.41) is 0. The van der Waals surface area contributed by atoms with Crippen LogP contribution in [0.25, 0.3) is 0 Å². The summed E-state index contributed by atoms with van der Waals surface area (Å²) in [7, 11) is 0. The lowest BCUT2D eigenvalue weighted by molar-refractivity contribution is -0.150. The summed E-state index contributed by atoms with van der Waals surface area (Å²) in [6.07, 6.45) is -0.609. The van der Waals surface area contributed by atoms with Gasteiger partial charge >= 0.3 is 5.97 Å². The Bertz CT molecular complexity index is 377. The number of anilines is 1. The lowest BCUT2D eigenvalue weighted by Crippen LogP contribution is -2.26. The Balaban J connectivity index is 2.69. The zero-order valence-corrected chi connectivity index (χ0v) is 9.82. The zero-order valence-electron chi connectivity index (χ0n) is 9.82. The van der Waals surface area contributed by atoms with E-state index in [1.165, 1.54) is 0 Å². The summed E-state index contributed by atoms with van der Waals surface area (Å²) in [6, 6.07) is 5.29. The summed E-state index contributed by atoms with van der Waals surface area (Å²) in [5.74, 6) is 0.286. The van der Waals surface area contributed by atoms with E-state index < -0.39 is 6.10 Å². The lowest BCUT2D eigenvalue weighted by Gasteiger charge is -2.15. The maximum Gasteiger partial charge on any atom is 0.347 e. The molecule has 1 rings (SSSR count). The fourth-order valence-electron chi connectivity index (χ4n) is 1.30. The van der Waals surface area contributed by atoms with Crippen LogP contribution in [0, 0.1) is 6.92 Å². The van der Waals surface area contributed by atoms with Crippen LogP contribution in [0.15, 0.2) is 18.2 Å². The minimum Gasteiger partial charge on any atom is -0.479 e. The molecule has 0 aliphatic rings. The topological polar surface area (TPSA) is 61.5 Å². The highest BCUT2D eigenvalue weighted by atomic mass is 16.6. The van der Waals surface area contributed by atoms with Gasteiger partial charge in [-0.15, -0.1) is 0 Å². The van der Waals surface area contributed by atoms with E-state index in [1.807, 2.05) is 6.92 Å². The Kier molecular flexibility index (Phi) is 4.17. The summed E-state index contributed by atoms with van der Waals surface area (Å²) < 4.78 is 10.3. The largest absolute Gasteiger partial charge is 0.479 e. The third-order valence-electron chi connectivity index (χ3n) is 2.12. The molecule has 0 saturated carbocycles. The second-order valence-corrected chi connectivity index (χ2v) is 3.54. The van der Waals surface area contributed by atoms with E-state index in [0.29, 0.717) is 18.0 Å². The van der Waals surface area contributed by atoms with E-state index >= 15 is 0 Å². The second kappa shape index (κ2) is 5.39. The molecule has 0 heterocycles. The SMILES string of the molecule is CCOC(=O)C(C)Oc1ccc(N)cc1C. The van der Waals surface area contributed by atoms with Crippen molar-refractivity contribution in [2.24, 2.45) is 0 Å². The number of hydrogen-bond donors (Lipinski definition) is 1. The molecule has 0 aliphatic heterocycles. The van der Waals surface area contributed by atoms with Gasteiger partial charge in [0.15, 0.2) is 6.10 Å². The number of esters is 1. The molecular weight excluding hydrogens is 206 g/mol. The predicted molar refractivity (Wildman–Crippen MR) is 62.3 cm³/mol. The smallest absolute Gasteiger partial charge is 0.347 e. The molecule has 0 spiro atoms. The maximum absolute atomic E-state index is 11.4. The number of rotatable bonds is 4. The number of carbonyl (C=O) groups is 1. The van der Waals surface area contributed by atoms with Gasteiger partial charge in [-0.05, 0) is 44.5 Å². The van der Waals surface area contributed by atoms with Gasteiger partial charge in [-0.3, -0.25) is 0 Å². The first-order valence-corrected chi connectivity index (χ1v) is 5.24. The van der Waals surface area contributed by atoms with Crippen LogP contribution >= 0.6 is 0 Å². The van der Waals surface area contributed by atoms with Crippen LogP contribution in [0.3, 0.4) is 0 Å². The van der Waals surface area contributed by atoms with Crippen LogP contribution in [0.4, 0.5) is 5.69 Å². The van der Waals surface area contributed by atoms with Gasteiger partial charge in [0.05, 0.1) is 6.61 Å². The van der Waals surface area contributed by atoms with E-state index in [1.54, 1.807) is 32.0 Å². The average molecular weight is 223 g/mol. The first-order valence-electron chi connectivity index (χ1n) is 5.24. The number of nitrogens with two attached hydrogens (primary N) is 1. The first kappa shape index (κ1) is 12.4. The Morgan fingerprint density at radius 3 is 2.75 bits per heavy atom. The molecule has 0 radical (unpaired) electrons. The van der Waals surface area contributed by atoms with Crippen LogP contribution in [0.5, 0.6) is 5.75 Å². The molecule has 1 unspecified atom stereocenters. The van der Waals surface area contributed by atoms with Crippen molar-refractivity contribution in [3.05, 3.63) is 23.8 Å². The number of ether oxygens (including phenoxy) is 2. The molecule has 0 saturated heterocycles. The summed E-state index contributed by atoms with van der Waals surface area (Å²) in [6.45, 7) is 5.66. The molecule has 0 amide bonds. The molecule has 4 nitrogen and oxygen atoms in total. The van der Waals surface area contributed by atoms with Gasteiger partial charge in [-0.25, -0.2) is 4.79 Å². The zero-order chi connectivity index (χ0) is 12.1. The molecule has 0 bridgehead atoms. The number of nitrogen functional groups attached to an aromatic ring is 1. The number of hydrogen-bond acceptors (Lipinski definition) is 4. The Labute approximate surface area is 95.3 Å². The average Bonchev–Trinajstić information content (AvgIpc) is 2.22. The van der Waals surface area contributed by atoms with Crippen molar-refractivity contribution in [2.45, 2.75) is 26.9 Å². The van der Waals surface area contributed by atoms with E-state index in [2.05, 4.69) is 0 Å². The molecule has 1 aromatic carbocycles. The standard InChI is InChI=1S/C12H17NO3/c1-4-15-12(14)9(3)16-11-6-5-10(13)7-8(11)2/h5-7,9H,4,13H2,1-3H3. The van der Waals surface area contributed by atoms with Gasteiger partial charge in [0.25, 0.3) is 0 Å². The van der Waals surface area contributed by atoms with Gasteiger partial charge < -0.3 is 15.2 Å². The quantitative estimate of drug-likeness (QED) is 0.625. The minimum atomic E-state index is -0.609. The van der Waals surface area contributed by atoms with Gasteiger partial charge in [0, 0.05) is 5.69 Å². The Morgan fingerprint density at radius 2 is 2.19 bits per heavy atom. The summed E-state index contributed by atoms with van der Waals surface area (Å²) >= 11 is 0. The van der Waals surface area contributed by atoms with Crippen molar-refractivity contribution in [2.75, 3.05) is 12.3 Å². The van der Waals surface area contributed by atoms with Crippen molar-refractivity contribution in [1.29, 1.82) is 0 Å². The van der Waals surface area contributed by atoms with Gasteiger partial charge in [-0.1, -0.05) is 0 Å². The van der Waals surface area contributed by atoms with Crippen LogP contribution in [0.1, 0.15) is 19.4 Å². The van der Waals surface area contributed by atoms with E-state index in [4.69, 9.17) is 15.2 Å². The highest BCUT2D eigenvalue weighted by molar-refractivity contribution is 5.74. The highest BCUT2D eigenvalue weighted by Crippen LogP contribution is 2.21. The van der Waals surface area contributed by atoms with Crippen LogP contribution < -0.4 is 10.5 Å². The van der Waals surface area contributed by atoms with Crippen LogP contribution in [-0.2, 0) is 9.53 Å². The third kappa shape index (κ3) is 3.15. The molecule has 1 aromatic rings. The number of aryl methyl sites for hydroxylation is 1. The van der Waals surface area contributed by atoms with Crippen molar-refractivity contribution in [3.63, 3.8) is 0 Å². The lowest BCUT2D eigenvalue weighted by atomic mass is 10.2. The van der Waals surface area contributed by atoms with Crippen molar-refractivity contribution in [3.8, 4) is 5.75 Å². The summed E-state index contributed by atoms with van der Waals surface area (Å²) in [5.41, 5.74) is 7.19. The van der Waals surface area contributed by atoms with E-state index in [9.17, 15) is 4.79 Å².